The van der Waals surface area contributed by atoms with Gasteiger partial charge in [0.1, 0.15) is 0 Å². The molecule has 0 bridgehead atoms. The van der Waals surface area contributed by atoms with E-state index in [-0.39, 0.29) is 16.2 Å². The molecular formula is C64H53N3. The van der Waals surface area contributed by atoms with Crippen LogP contribution in [0.2, 0.25) is 0 Å². The van der Waals surface area contributed by atoms with Crippen molar-refractivity contribution in [3.05, 3.63) is 174 Å². The van der Waals surface area contributed by atoms with Crippen LogP contribution >= 0.6 is 0 Å². The molecule has 0 aliphatic carbocycles. The maximum Gasteiger partial charge on any atom is 0.0620 e. The van der Waals surface area contributed by atoms with E-state index in [1.807, 2.05) is 0 Å². The summed E-state index contributed by atoms with van der Waals surface area (Å²) in [5.41, 5.74) is 17.8. The van der Waals surface area contributed by atoms with E-state index in [4.69, 9.17) is 0 Å². The average Bonchev–Trinajstić information content (AvgIpc) is 4.10. The number of hydrogen-bond donors (Lipinski definition) is 0. The first-order valence-electron chi connectivity index (χ1n) is 24.1. The first kappa shape index (κ1) is 38.9. The van der Waals surface area contributed by atoms with Crippen molar-refractivity contribution in [1.82, 2.24) is 13.4 Å². The molecule has 14 aromatic rings. The molecule has 0 aliphatic rings. The number of para-hydroxylation sites is 2. The zero-order chi connectivity index (χ0) is 45.6. The Hall–Kier alpha value is -7.36. The number of nitrogens with zero attached hydrogens (tertiary/aromatic N) is 3. The number of rotatable bonds is 2. The summed E-state index contributed by atoms with van der Waals surface area (Å²) in [6.45, 7) is 21.2. The monoisotopic (exact) mass is 863 g/mol. The molecule has 67 heavy (non-hydrogen) atoms. The highest BCUT2D eigenvalue weighted by Crippen LogP contribution is 2.50. The van der Waals surface area contributed by atoms with E-state index < -0.39 is 0 Å². The third kappa shape index (κ3) is 5.18. The maximum absolute atomic E-state index is 2.66. The second-order valence-electron chi connectivity index (χ2n) is 22.7. The van der Waals surface area contributed by atoms with Crippen LogP contribution < -0.4 is 0 Å². The Morgan fingerprint density at radius 2 is 0.806 bits per heavy atom. The Labute approximate surface area is 390 Å². The van der Waals surface area contributed by atoms with Gasteiger partial charge in [-0.3, -0.25) is 0 Å². The van der Waals surface area contributed by atoms with Crippen LogP contribution in [-0.2, 0) is 16.2 Å². The summed E-state index contributed by atoms with van der Waals surface area (Å²) in [4.78, 5) is 0. The van der Waals surface area contributed by atoms with Crippen LogP contribution in [0.15, 0.2) is 158 Å². The summed E-state index contributed by atoms with van der Waals surface area (Å²) in [5, 5.41) is 15.7. The highest BCUT2D eigenvalue weighted by atomic mass is 15.0. The van der Waals surface area contributed by atoms with Gasteiger partial charge in [0.25, 0.3) is 0 Å². The van der Waals surface area contributed by atoms with Crippen LogP contribution in [0.5, 0.6) is 0 Å². The van der Waals surface area contributed by atoms with Gasteiger partial charge >= 0.3 is 0 Å². The molecule has 0 spiro atoms. The Bertz CT molecular complexity index is 4410. The minimum Gasteiger partial charge on any atom is -0.309 e. The van der Waals surface area contributed by atoms with Gasteiger partial charge in [0.15, 0.2) is 0 Å². The van der Waals surface area contributed by atoms with Crippen molar-refractivity contribution in [2.45, 2.75) is 78.6 Å². The molecule has 5 aromatic heterocycles. The highest BCUT2D eigenvalue weighted by molar-refractivity contribution is 6.32. The van der Waals surface area contributed by atoms with E-state index in [1.165, 1.54) is 142 Å². The van der Waals surface area contributed by atoms with Gasteiger partial charge in [-0.05, 0) is 134 Å². The smallest absolute Gasteiger partial charge is 0.0620 e. The summed E-state index contributed by atoms with van der Waals surface area (Å²) >= 11 is 0. The van der Waals surface area contributed by atoms with Crippen LogP contribution in [0.3, 0.4) is 0 Å². The lowest BCUT2D eigenvalue weighted by molar-refractivity contribution is 0.591. The lowest BCUT2D eigenvalue weighted by atomic mass is 9.83. The van der Waals surface area contributed by atoms with E-state index in [2.05, 4.69) is 233 Å². The Balaban J connectivity index is 1.16. The molecule has 0 atom stereocenters. The molecule has 5 heterocycles. The lowest BCUT2D eigenvalue weighted by Crippen LogP contribution is -2.11. The van der Waals surface area contributed by atoms with Crippen molar-refractivity contribution < 1.29 is 0 Å². The molecule has 324 valence electrons. The van der Waals surface area contributed by atoms with Crippen molar-refractivity contribution in [1.29, 1.82) is 0 Å². The molecule has 0 N–H and O–H groups in total. The standard InChI is InChI=1S/C64H53N3/c1-62(2,3)38-28-44(37-24-25-54-45(27-37)43-21-15-16-22-53(43)65(54)41-18-11-10-12-19-41)59-50(31-38)51-32-39(63(4,5)6)29-48-47-34-56-46(35-57(47)67(59)60(48)51)49-30-40(64(7,8)9)33-52-58-42-20-14-13-17-36(42)23-26-55(58)66(56)61(49)52/h10-35H,1-9H3. The SMILES string of the molecule is CC(C)(C)c1cc(-c2ccc3c(c2)c2ccccc2n3-c2ccccc2)c2c(c1)c1cc(C(C)(C)C)cc3c4cc5c(cc4n2c31)c1cc(C(C)(C)C)cc2c3c4ccccc4ccc3n5c12. The van der Waals surface area contributed by atoms with Crippen LogP contribution in [-0.4, -0.2) is 13.4 Å². The second kappa shape index (κ2) is 12.7. The first-order chi connectivity index (χ1) is 32.1. The quantitative estimate of drug-likeness (QED) is 0.164. The second-order valence-corrected chi connectivity index (χ2v) is 22.7. The van der Waals surface area contributed by atoms with Crippen LogP contribution in [0.1, 0.15) is 79.0 Å². The summed E-state index contributed by atoms with van der Waals surface area (Å²) in [5.74, 6) is 0. The number of fused-ring (bicyclic) bond motifs is 17. The summed E-state index contributed by atoms with van der Waals surface area (Å²) < 4.78 is 7.67. The fraction of sp³-hybridized carbons (Fsp3) is 0.188. The van der Waals surface area contributed by atoms with Crippen molar-refractivity contribution in [3.8, 4) is 16.8 Å². The van der Waals surface area contributed by atoms with Gasteiger partial charge in [0.2, 0.25) is 0 Å². The molecule has 0 saturated heterocycles. The third-order valence-corrected chi connectivity index (χ3v) is 15.5. The van der Waals surface area contributed by atoms with E-state index >= 15 is 0 Å². The zero-order valence-corrected chi connectivity index (χ0v) is 39.9. The lowest BCUT2D eigenvalue weighted by Gasteiger charge is -2.22. The number of benzene rings is 9. The fourth-order valence-corrected chi connectivity index (χ4v) is 12.0. The van der Waals surface area contributed by atoms with Crippen molar-refractivity contribution in [2.75, 3.05) is 0 Å². The van der Waals surface area contributed by atoms with Gasteiger partial charge in [0.05, 0.1) is 44.1 Å². The zero-order valence-electron chi connectivity index (χ0n) is 39.9. The minimum atomic E-state index is -0.0663. The van der Waals surface area contributed by atoms with Crippen molar-refractivity contribution in [3.63, 3.8) is 0 Å². The molecule has 3 nitrogen and oxygen atoms in total. The third-order valence-electron chi connectivity index (χ3n) is 15.5. The summed E-state index contributed by atoms with van der Waals surface area (Å²) in [6.07, 6.45) is 0. The van der Waals surface area contributed by atoms with Gasteiger partial charge in [-0.2, -0.15) is 0 Å². The largest absolute Gasteiger partial charge is 0.309 e. The summed E-state index contributed by atoms with van der Waals surface area (Å²) in [7, 11) is 0. The first-order valence-corrected chi connectivity index (χ1v) is 24.1. The average molecular weight is 864 g/mol. The van der Waals surface area contributed by atoms with Gasteiger partial charge in [-0.25, -0.2) is 0 Å². The van der Waals surface area contributed by atoms with Gasteiger partial charge in [-0.1, -0.05) is 135 Å². The normalized spacial score (nSPS) is 13.4. The highest BCUT2D eigenvalue weighted by Gasteiger charge is 2.29. The van der Waals surface area contributed by atoms with Crippen LogP contribution in [0, 0.1) is 0 Å². The van der Waals surface area contributed by atoms with Gasteiger partial charge in [0, 0.05) is 65.1 Å². The minimum absolute atomic E-state index is 0.0280. The molecule has 14 rings (SSSR count). The predicted molar refractivity (Wildman–Crippen MR) is 289 cm³/mol. The molecule has 0 unspecified atom stereocenters. The molecule has 0 fully saturated rings. The topological polar surface area (TPSA) is 13.8 Å². The fourth-order valence-electron chi connectivity index (χ4n) is 12.0. The molecule has 0 saturated carbocycles. The Morgan fingerprint density at radius 3 is 1.48 bits per heavy atom. The van der Waals surface area contributed by atoms with E-state index in [0.717, 1.165) is 0 Å². The number of hydrogen-bond acceptors (Lipinski definition) is 0. The van der Waals surface area contributed by atoms with Crippen LogP contribution in [0.4, 0.5) is 0 Å². The Kier molecular flexibility index (Phi) is 7.39. The summed E-state index contributed by atoms with van der Waals surface area (Å²) in [6, 6.07) is 60.7. The predicted octanol–water partition coefficient (Wildman–Crippen LogP) is 17.8. The Morgan fingerprint density at radius 1 is 0.313 bits per heavy atom. The molecule has 9 aromatic carbocycles. The van der Waals surface area contributed by atoms with E-state index in [0.29, 0.717) is 0 Å². The van der Waals surface area contributed by atoms with Crippen molar-refractivity contribution >= 4 is 109 Å². The van der Waals surface area contributed by atoms with Gasteiger partial charge in [-0.15, -0.1) is 0 Å². The van der Waals surface area contributed by atoms with Crippen LogP contribution in [0.25, 0.3) is 126 Å². The van der Waals surface area contributed by atoms with Gasteiger partial charge < -0.3 is 13.4 Å². The van der Waals surface area contributed by atoms with E-state index in [1.54, 1.807) is 0 Å². The van der Waals surface area contributed by atoms with Crippen molar-refractivity contribution in [2.24, 2.45) is 0 Å². The van der Waals surface area contributed by atoms with E-state index in [9.17, 15) is 0 Å². The molecule has 0 amide bonds. The molecular weight excluding hydrogens is 811 g/mol. The maximum atomic E-state index is 2.66. The number of aromatic nitrogens is 3. The molecule has 0 radical (unpaired) electrons. The molecule has 3 heteroatoms. The molecule has 0 aliphatic heterocycles.